The van der Waals surface area contributed by atoms with Crippen LogP contribution in [0.4, 0.5) is 4.79 Å². The highest BCUT2D eigenvalue weighted by molar-refractivity contribution is 7.09. The summed E-state index contributed by atoms with van der Waals surface area (Å²) in [5, 5.41) is 5.93. The predicted octanol–water partition coefficient (Wildman–Crippen LogP) is 2.32. The number of nitrogens with zero attached hydrogens (tertiary/aromatic N) is 1. The average molecular weight is 312 g/mol. The first kappa shape index (κ1) is 14.7. The third-order valence-electron chi connectivity index (χ3n) is 4.23. The van der Waals surface area contributed by atoms with E-state index in [9.17, 15) is 4.79 Å². The first-order valence-electron chi connectivity index (χ1n) is 7.14. The number of alkyl carbamates (subject to hydrolysis) is 1. The van der Waals surface area contributed by atoms with Gasteiger partial charge >= 0.3 is 6.09 Å². The molecule has 6 nitrogen and oxygen atoms in total. The van der Waals surface area contributed by atoms with Gasteiger partial charge in [0, 0.05) is 23.9 Å². The molecule has 2 heterocycles. The first-order chi connectivity index (χ1) is 10.1. The van der Waals surface area contributed by atoms with Crippen molar-refractivity contribution in [3.8, 4) is 0 Å². The summed E-state index contributed by atoms with van der Waals surface area (Å²) in [5.74, 6) is -0.465. The van der Waals surface area contributed by atoms with E-state index in [0.29, 0.717) is 13.2 Å². The topological polar surface area (TPSA) is 69.7 Å². The maximum atomic E-state index is 11.8. The van der Waals surface area contributed by atoms with Crippen LogP contribution < -0.4 is 5.32 Å². The second-order valence-corrected chi connectivity index (χ2v) is 6.46. The van der Waals surface area contributed by atoms with Gasteiger partial charge in [0.25, 0.3) is 0 Å². The molecule has 0 radical (unpaired) electrons. The molecule has 1 aliphatic carbocycles. The van der Waals surface area contributed by atoms with Crippen LogP contribution in [0.5, 0.6) is 0 Å². The molecule has 1 aliphatic heterocycles. The summed E-state index contributed by atoms with van der Waals surface area (Å²) in [6.07, 6.45) is 2.53. The van der Waals surface area contributed by atoms with E-state index in [1.165, 1.54) is 7.11 Å². The second kappa shape index (κ2) is 5.55. The van der Waals surface area contributed by atoms with Gasteiger partial charge in [-0.05, 0) is 19.8 Å². The van der Waals surface area contributed by atoms with Gasteiger partial charge in [-0.1, -0.05) is 0 Å². The van der Waals surface area contributed by atoms with Crippen LogP contribution in [0.2, 0.25) is 0 Å². The number of hydrogen-bond donors (Lipinski definition) is 1. The van der Waals surface area contributed by atoms with Gasteiger partial charge in [-0.25, -0.2) is 9.78 Å². The van der Waals surface area contributed by atoms with E-state index >= 15 is 0 Å². The fourth-order valence-corrected chi connectivity index (χ4v) is 4.07. The van der Waals surface area contributed by atoms with Crippen molar-refractivity contribution >= 4 is 17.4 Å². The minimum absolute atomic E-state index is 0.424. The van der Waals surface area contributed by atoms with Crippen molar-refractivity contribution in [3.05, 3.63) is 16.1 Å². The zero-order chi connectivity index (χ0) is 14.9. The molecule has 0 aromatic carbocycles. The number of carbonyl (C=O) groups is 1. The Morgan fingerprint density at radius 3 is 2.52 bits per heavy atom. The maximum Gasteiger partial charge on any atom is 0.407 e. The van der Waals surface area contributed by atoms with Gasteiger partial charge in [0.2, 0.25) is 0 Å². The molecule has 0 bridgehead atoms. The van der Waals surface area contributed by atoms with E-state index in [4.69, 9.17) is 14.2 Å². The zero-order valence-corrected chi connectivity index (χ0v) is 13.1. The predicted molar refractivity (Wildman–Crippen MR) is 77.2 cm³/mol. The molecule has 1 spiro atoms. The molecule has 2 aliphatic rings. The highest BCUT2D eigenvalue weighted by atomic mass is 32.1. The third-order valence-corrected chi connectivity index (χ3v) is 5.40. The number of ether oxygens (including phenoxy) is 3. The Morgan fingerprint density at radius 2 is 2.00 bits per heavy atom. The summed E-state index contributed by atoms with van der Waals surface area (Å²) in [6.45, 7) is 3.25. The SMILES string of the molecule is COC(=O)NC1(c2nc(C)cs2)CCC2(CC1)OCCO2. The number of nitrogens with one attached hydrogen (secondary N) is 1. The summed E-state index contributed by atoms with van der Waals surface area (Å²) < 4.78 is 16.3. The van der Waals surface area contributed by atoms with E-state index in [1.54, 1.807) is 11.3 Å². The molecule has 0 unspecified atom stereocenters. The Kier molecular flexibility index (Phi) is 3.90. The smallest absolute Gasteiger partial charge is 0.407 e. The van der Waals surface area contributed by atoms with E-state index in [0.717, 1.165) is 36.4 Å². The molecule has 1 N–H and O–H groups in total. The number of rotatable bonds is 2. The molecule has 1 aromatic rings. The standard InChI is InChI=1S/C14H20N2O4S/c1-10-9-21-11(15-10)13(16-12(17)18-2)3-5-14(6-4-13)19-7-8-20-14/h9H,3-8H2,1-2H3,(H,16,17). The highest BCUT2D eigenvalue weighted by Crippen LogP contribution is 2.45. The molecule has 21 heavy (non-hydrogen) atoms. The molecule has 3 rings (SSSR count). The first-order valence-corrected chi connectivity index (χ1v) is 8.02. The summed E-state index contributed by atoms with van der Waals surface area (Å²) in [4.78, 5) is 16.3. The Balaban J connectivity index is 1.82. The van der Waals surface area contributed by atoms with Gasteiger partial charge in [-0.3, -0.25) is 0 Å². The number of hydrogen-bond acceptors (Lipinski definition) is 6. The second-order valence-electron chi connectivity index (χ2n) is 5.60. The summed E-state index contributed by atoms with van der Waals surface area (Å²) in [6, 6.07) is 0. The van der Waals surface area contributed by atoms with E-state index in [1.807, 2.05) is 12.3 Å². The molecule has 1 amide bonds. The minimum atomic E-state index is -0.480. The summed E-state index contributed by atoms with van der Waals surface area (Å²) in [5.41, 5.74) is 0.488. The average Bonchev–Trinajstić information content (AvgIpc) is 3.12. The molecule has 0 atom stereocenters. The molecular weight excluding hydrogens is 292 g/mol. The lowest BCUT2D eigenvalue weighted by molar-refractivity contribution is -0.186. The van der Waals surface area contributed by atoms with Crippen molar-refractivity contribution < 1.29 is 19.0 Å². The van der Waals surface area contributed by atoms with Gasteiger partial charge in [-0.15, -0.1) is 11.3 Å². The summed E-state index contributed by atoms with van der Waals surface area (Å²) >= 11 is 1.58. The molecule has 2 fully saturated rings. The van der Waals surface area contributed by atoms with Crippen molar-refractivity contribution in [2.24, 2.45) is 0 Å². The number of methoxy groups -OCH3 is 1. The van der Waals surface area contributed by atoms with Gasteiger partial charge in [-0.2, -0.15) is 0 Å². The van der Waals surface area contributed by atoms with Crippen LogP contribution in [-0.2, 0) is 19.7 Å². The number of amides is 1. The Bertz CT molecular complexity index is 515. The molecule has 116 valence electrons. The van der Waals surface area contributed by atoms with Crippen molar-refractivity contribution in [2.45, 2.75) is 43.9 Å². The van der Waals surface area contributed by atoms with Gasteiger partial charge in [0.1, 0.15) is 5.01 Å². The molecular formula is C14H20N2O4S. The summed E-state index contributed by atoms with van der Waals surface area (Å²) in [7, 11) is 1.38. The largest absolute Gasteiger partial charge is 0.453 e. The van der Waals surface area contributed by atoms with Crippen molar-refractivity contribution in [3.63, 3.8) is 0 Å². The van der Waals surface area contributed by atoms with Crippen LogP contribution in [0.1, 0.15) is 36.4 Å². The zero-order valence-electron chi connectivity index (χ0n) is 12.3. The van der Waals surface area contributed by atoms with Crippen LogP contribution in [0, 0.1) is 6.92 Å². The Labute approximate surface area is 127 Å². The highest BCUT2D eigenvalue weighted by Gasteiger charge is 2.49. The fraction of sp³-hybridized carbons (Fsp3) is 0.714. The quantitative estimate of drug-likeness (QED) is 0.907. The van der Waals surface area contributed by atoms with E-state index in [2.05, 4.69) is 10.3 Å². The number of aromatic nitrogens is 1. The lowest BCUT2D eigenvalue weighted by atomic mass is 9.79. The normalized spacial score (nSPS) is 23.1. The molecule has 1 saturated heterocycles. The van der Waals surface area contributed by atoms with Crippen molar-refractivity contribution in [2.75, 3.05) is 20.3 Å². The maximum absolute atomic E-state index is 11.8. The number of thiazole rings is 1. The third kappa shape index (κ3) is 2.77. The van der Waals surface area contributed by atoms with Gasteiger partial charge in [0.15, 0.2) is 5.79 Å². The van der Waals surface area contributed by atoms with Crippen LogP contribution in [0.25, 0.3) is 0 Å². The molecule has 1 saturated carbocycles. The van der Waals surface area contributed by atoms with Crippen LogP contribution in [0.3, 0.4) is 0 Å². The number of carbonyl (C=O) groups excluding carboxylic acids is 1. The van der Waals surface area contributed by atoms with Crippen LogP contribution >= 0.6 is 11.3 Å². The lowest BCUT2D eigenvalue weighted by Gasteiger charge is -2.42. The Morgan fingerprint density at radius 1 is 1.33 bits per heavy atom. The lowest BCUT2D eigenvalue weighted by Crippen LogP contribution is -2.52. The minimum Gasteiger partial charge on any atom is -0.453 e. The van der Waals surface area contributed by atoms with Gasteiger partial charge in [0.05, 0.1) is 25.9 Å². The van der Waals surface area contributed by atoms with Crippen LogP contribution in [-0.4, -0.2) is 37.2 Å². The van der Waals surface area contributed by atoms with Gasteiger partial charge < -0.3 is 19.5 Å². The van der Waals surface area contributed by atoms with Crippen molar-refractivity contribution in [1.82, 2.24) is 10.3 Å². The van der Waals surface area contributed by atoms with E-state index in [-0.39, 0.29) is 0 Å². The monoisotopic (exact) mass is 312 g/mol. The number of aryl methyl sites for hydroxylation is 1. The molecule has 7 heteroatoms. The molecule has 1 aromatic heterocycles. The van der Waals surface area contributed by atoms with E-state index < -0.39 is 17.4 Å². The van der Waals surface area contributed by atoms with Crippen LogP contribution in [0.15, 0.2) is 5.38 Å². The fourth-order valence-electron chi connectivity index (χ4n) is 3.06. The Hall–Kier alpha value is -1.18. The van der Waals surface area contributed by atoms with Crippen molar-refractivity contribution in [1.29, 1.82) is 0 Å².